The minimum Gasteiger partial charge on any atom is -0.388 e. The average molecular weight is 448 g/mol. The van der Waals surface area contributed by atoms with Gasteiger partial charge in [0.25, 0.3) is 11.5 Å². The Bertz CT molecular complexity index is 1360. The summed E-state index contributed by atoms with van der Waals surface area (Å²) in [5.74, 6) is -0.472. The Kier molecular flexibility index (Phi) is 5.21. The third-order valence-corrected chi connectivity index (χ3v) is 6.00. The van der Waals surface area contributed by atoms with E-state index in [1.165, 1.54) is 33.9 Å². The first-order valence-corrected chi connectivity index (χ1v) is 10.5. The van der Waals surface area contributed by atoms with E-state index >= 15 is 0 Å². The van der Waals surface area contributed by atoms with Crippen LogP contribution in [0.15, 0.2) is 66.1 Å². The Labute approximate surface area is 187 Å². The van der Waals surface area contributed by atoms with Crippen molar-refractivity contribution in [2.24, 2.45) is 0 Å². The number of piperidine rings is 1. The van der Waals surface area contributed by atoms with Crippen LogP contribution in [-0.4, -0.2) is 58.9 Å². The van der Waals surface area contributed by atoms with E-state index in [4.69, 9.17) is 0 Å². The second kappa shape index (κ2) is 8.21. The second-order valence-corrected chi connectivity index (χ2v) is 8.20. The Morgan fingerprint density at radius 2 is 1.79 bits per heavy atom. The van der Waals surface area contributed by atoms with Gasteiger partial charge in [0.05, 0.1) is 24.0 Å². The van der Waals surface area contributed by atoms with Crippen molar-refractivity contribution in [1.29, 1.82) is 0 Å². The van der Waals surface area contributed by atoms with Crippen LogP contribution in [0.3, 0.4) is 0 Å². The molecule has 1 amide bonds. The summed E-state index contributed by atoms with van der Waals surface area (Å²) in [6.07, 6.45) is 6.62. The van der Waals surface area contributed by atoms with Crippen molar-refractivity contribution in [3.63, 3.8) is 0 Å². The summed E-state index contributed by atoms with van der Waals surface area (Å²) < 4.78 is 16.1. The van der Waals surface area contributed by atoms with Crippen molar-refractivity contribution in [3.05, 3.63) is 83.1 Å². The van der Waals surface area contributed by atoms with Crippen molar-refractivity contribution in [1.82, 2.24) is 29.2 Å². The zero-order chi connectivity index (χ0) is 23.0. The quantitative estimate of drug-likeness (QED) is 0.510. The number of carbonyl (C=O) groups is 1. The van der Waals surface area contributed by atoms with Gasteiger partial charge in [0, 0.05) is 31.0 Å². The molecule has 0 saturated carbocycles. The molecule has 0 aliphatic carbocycles. The fourth-order valence-corrected chi connectivity index (χ4v) is 4.11. The van der Waals surface area contributed by atoms with Gasteiger partial charge in [0.15, 0.2) is 5.65 Å². The molecule has 0 bridgehead atoms. The molecule has 4 heterocycles. The van der Waals surface area contributed by atoms with Gasteiger partial charge in [-0.15, -0.1) is 0 Å². The number of aromatic nitrogens is 5. The molecule has 1 N–H and O–H groups in total. The van der Waals surface area contributed by atoms with E-state index in [0.29, 0.717) is 48.2 Å². The Balaban J connectivity index is 1.33. The summed E-state index contributed by atoms with van der Waals surface area (Å²) in [5, 5.41) is 15.6. The Morgan fingerprint density at radius 1 is 1.09 bits per heavy atom. The molecule has 168 valence electrons. The van der Waals surface area contributed by atoms with Crippen LogP contribution < -0.4 is 5.56 Å². The lowest BCUT2D eigenvalue weighted by molar-refractivity contribution is -0.0299. The van der Waals surface area contributed by atoms with Crippen LogP contribution in [-0.2, 0) is 6.54 Å². The van der Waals surface area contributed by atoms with Crippen molar-refractivity contribution < 1.29 is 14.3 Å². The number of hydrogen-bond donors (Lipinski definition) is 1. The number of carbonyl (C=O) groups excluding carboxylic acids is 1. The molecule has 1 aliphatic heterocycles. The normalized spacial score (nSPS) is 15.6. The average Bonchev–Trinajstić information content (AvgIpc) is 3.27. The zero-order valence-corrected chi connectivity index (χ0v) is 17.6. The minimum atomic E-state index is -1.14. The third kappa shape index (κ3) is 4.00. The maximum atomic E-state index is 13.2. The molecule has 1 saturated heterocycles. The lowest BCUT2D eigenvalue weighted by Gasteiger charge is -2.38. The largest absolute Gasteiger partial charge is 0.388 e. The SMILES string of the molecule is O=C(c1ccncc1)N1CCC(O)(Cn2cnc3c(cnn3-c3ccc(F)cc3)c2=O)CC1. The number of hydrogen-bond acceptors (Lipinski definition) is 6. The fourth-order valence-electron chi connectivity index (χ4n) is 4.11. The number of benzene rings is 1. The van der Waals surface area contributed by atoms with Gasteiger partial charge in [-0.2, -0.15) is 5.10 Å². The van der Waals surface area contributed by atoms with Crippen LogP contribution in [0.5, 0.6) is 0 Å². The predicted molar refractivity (Wildman–Crippen MR) is 117 cm³/mol. The van der Waals surface area contributed by atoms with E-state index in [9.17, 15) is 19.1 Å². The standard InChI is InChI=1S/C23H21FN6O3/c24-17-1-3-18(4-2-17)30-20-19(13-27-30)22(32)29(15-26-20)14-23(33)7-11-28(12-8-23)21(31)16-5-9-25-10-6-16/h1-6,9-10,13,15,33H,7-8,11-12,14H2. The molecule has 4 aromatic rings. The number of rotatable bonds is 4. The first-order valence-electron chi connectivity index (χ1n) is 10.5. The zero-order valence-electron chi connectivity index (χ0n) is 17.6. The summed E-state index contributed by atoms with van der Waals surface area (Å²) in [6, 6.07) is 9.06. The number of nitrogens with zero attached hydrogens (tertiary/aromatic N) is 6. The number of halogens is 1. The van der Waals surface area contributed by atoms with Crippen LogP contribution in [0, 0.1) is 5.82 Å². The molecule has 3 aromatic heterocycles. The molecular formula is C23H21FN6O3. The lowest BCUT2D eigenvalue weighted by Crippen LogP contribution is -2.49. The Morgan fingerprint density at radius 3 is 2.48 bits per heavy atom. The molecule has 0 unspecified atom stereocenters. The minimum absolute atomic E-state index is 0.0633. The molecule has 1 fully saturated rings. The monoisotopic (exact) mass is 448 g/mol. The highest BCUT2D eigenvalue weighted by Gasteiger charge is 2.35. The summed E-state index contributed by atoms with van der Waals surface area (Å²) in [4.78, 5) is 35.6. The molecule has 5 rings (SSSR count). The number of likely N-dealkylation sites (tertiary alicyclic amines) is 1. The van der Waals surface area contributed by atoms with Gasteiger partial charge in [-0.25, -0.2) is 14.1 Å². The fraction of sp³-hybridized carbons (Fsp3) is 0.261. The smallest absolute Gasteiger partial charge is 0.264 e. The van der Waals surface area contributed by atoms with Crippen molar-refractivity contribution in [3.8, 4) is 5.69 Å². The van der Waals surface area contributed by atoms with E-state index < -0.39 is 5.60 Å². The van der Waals surface area contributed by atoms with Gasteiger partial charge in [-0.1, -0.05) is 0 Å². The highest BCUT2D eigenvalue weighted by molar-refractivity contribution is 5.94. The van der Waals surface area contributed by atoms with Crippen molar-refractivity contribution in [2.75, 3.05) is 13.1 Å². The predicted octanol–water partition coefficient (Wildman–Crippen LogP) is 1.78. The van der Waals surface area contributed by atoms with Gasteiger partial charge in [0.2, 0.25) is 0 Å². The van der Waals surface area contributed by atoms with Crippen molar-refractivity contribution in [2.45, 2.75) is 25.0 Å². The Hall–Kier alpha value is -3.92. The van der Waals surface area contributed by atoms with Gasteiger partial charge in [0.1, 0.15) is 17.5 Å². The number of pyridine rings is 1. The third-order valence-electron chi connectivity index (χ3n) is 6.00. The van der Waals surface area contributed by atoms with Crippen molar-refractivity contribution >= 4 is 16.9 Å². The highest BCUT2D eigenvalue weighted by atomic mass is 19.1. The first-order chi connectivity index (χ1) is 15.9. The van der Waals surface area contributed by atoms with E-state index in [1.54, 1.807) is 41.6 Å². The van der Waals surface area contributed by atoms with E-state index in [1.807, 2.05) is 0 Å². The van der Waals surface area contributed by atoms with E-state index in [2.05, 4.69) is 15.1 Å². The molecule has 9 nitrogen and oxygen atoms in total. The van der Waals surface area contributed by atoms with Gasteiger partial charge in [-0.3, -0.25) is 19.1 Å². The topological polar surface area (TPSA) is 106 Å². The molecule has 0 atom stereocenters. The highest BCUT2D eigenvalue weighted by Crippen LogP contribution is 2.25. The molecule has 10 heteroatoms. The molecule has 1 aromatic carbocycles. The summed E-state index contributed by atoms with van der Waals surface area (Å²) >= 11 is 0. The number of aliphatic hydroxyl groups is 1. The summed E-state index contributed by atoms with van der Waals surface area (Å²) in [7, 11) is 0. The maximum Gasteiger partial charge on any atom is 0.264 e. The summed E-state index contributed by atoms with van der Waals surface area (Å²) in [5.41, 5.74) is 0.0336. The molecular weight excluding hydrogens is 427 g/mol. The number of amides is 1. The van der Waals surface area contributed by atoms with Gasteiger partial charge >= 0.3 is 0 Å². The van der Waals surface area contributed by atoms with E-state index in [0.717, 1.165) is 0 Å². The van der Waals surface area contributed by atoms with E-state index in [-0.39, 0.29) is 23.8 Å². The molecule has 1 aliphatic rings. The van der Waals surface area contributed by atoms with Gasteiger partial charge < -0.3 is 10.0 Å². The number of fused-ring (bicyclic) bond motifs is 1. The van der Waals surface area contributed by atoms with Crippen LogP contribution in [0.4, 0.5) is 4.39 Å². The second-order valence-electron chi connectivity index (χ2n) is 8.20. The summed E-state index contributed by atoms with van der Waals surface area (Å²) in [6.45, 7) is 0.822. The molecule has 0 spiro atoms. The van der Waals surface area contributed by atoms with Crippen LogP contribution >= 0.6 is 0 Å². The van der Waals surface area contributed by atoms with Crippen LogP contribution in [0.1, 0.15) is 23.2 Å². The lowest BCUT2D eigenvalue weighted by atomic mass is 9.91. The molecule has 0 radical (unpaired) electrons. The molecule has 33 heavy (non-hydrogen) atoms. The van der Waals surface area contributed by atoms with Gasteiger partial charge in [-0.05, 0) is 49.2 Å². The van der Waals surface area contributed by atoms with Crippen LogP contribution in [0.25, 0.3) is 16.7 Å². The van der Waals surface area contributed by atoms with Crippen LogP contribution in [0.2, 0.25) is 0 Å². The first kappa shape index (κ1) is 21.0. The maximum absolute atomic E-state index is 13.2.